The molecule has 0 radical (unpaired) electrons. The van der Waals surface area contributed by atoms with Crippen LogP contribution < -0.4 is 0 Å². The molecule has 0 unspecified atom stereocenters. The Hall–Kier alpha value is -1.71. The number of carbonyl (C=O) groups excluding carboxylic acids is 1. The lowest BCUT2D eigenvalue weighted by atomic mass is 10.0. The third-order valence-electron chi connectivity index (χ3n) is 3.27. The second-order valence-corrected chi connectivity index (χ2v) is 4.85. The molecule has 0 saturated carbocycles. The first kappa shape index (κ1) is 18.3. The van der Waals surface area contributed by atoms with E-state index in [0.29, 0.717) is 4.90 Å². The average Bonchev–Trinajstić information content (AvgIpc) is 2.44. The van der Waals surface area contributed by atoms with Gasteiger partial charge in [0.1, 0.15) is 13.2 Å². The molecule has 0 bridgehead atoms. The topological polar surface area (TPSA) is 79.3 Å². The highest BCUT2D eigenvalue weighted by Crippen LogP contribution is 2.23. The van der Waals surface area contributed by atoms with E-state index >= 15 is 0 Å². The predicted molar refractivity (Wildman–Crippen MR) is 68.6 cm³/mol. The predicted octanol–water partition coefficient (Wildman–Crippen LogP) is 1.78. The lowest BCUT2D eigenvalue weighted by Gasteiger charge is -2.37. The number of hydrogen-bond donors (Lipinski definition) is 1. The molecule has 1 fully saturated rings. The largest absolute Gasteiger partial charge is 0.465 e. The van der Waals surface area contributed by atoms with E-state index < -0.39 is 30.9 Å². The van der Waals surface area contributed by atoms with Gasteiger partial charge in [0.2, 0.25) is 0 Å². The smallest absolute Gasteiger partial charge is 0.410 e. The van der Waals surface area contributed by atoms with E-state index in [0.717, 1.165) is 4.90 Å². The minimum Gasteiger partial charge on any atom is -0.465 e. The van der Waals surface area contributed by atoms with Crippen LogP contribution in [0.3, 0.4) is 0 Å². The Balaban J connectivity index is 2.66. The summed E-state index contributed by atoms with van der Waals surface area (Å²) in [5, 5.41) is 8.83. The van der Waals surface area contributed by atoms with Crippen molar-refractivity contribution in [1.82, 2.24) is 9.80 Å². The van der Waals surface area contributed by atoms with Crippen molar-refractivity contribution in [3.05, 3.63) is 0 Å². The number of hydrogen-bond acceptors (Lipinski definition) is 4. The van der Waals surface area contributed by atoms with Crippen molar-refractivity contribution in [1.29, 1.82) is 0 Å². The molecule has 128 valence electrons. The number of halogens is 3. The monoisotopic (exact) mass is 328 g/mol. The number of likely N-dealkylation sites (tertiary alicyclic amines) is 1. The van der Waals surface area contributed by atoms with Crippen LogP contribution in [0.5, 0.6) is 0 Å². The first-order valence-corrected chi connectivity index (χ1v) is 6.71. The molecular formula is C12H19F3N2O5. The molecule has 1 N–H and O–H groups in total. The standard InChI is InChI=1S/C12H19F3N2O5/c1-21-6-7-22-11(20)17(8-12(13,14)15)9-2-4-16(5-3-9)10(18)19/h9H,2-8H2,1H3,(H,18,19). The van der Waals surface area contributed by atoms with Crippen LogP contribution in [0.25, 0.3) is 0 Å². The van der Waals surface area contributed by atoms with Crippen molar-refractivity contribution in [3.63, 3.8) is 0 Å². The van der Waals surface area contributed by atoms with Crippen molar-refractivity contribution >= 4 is 12.2 Å². The molecule has 10 heteroatoms. The van der Waals surface area contributed by atoms with Crippen LogP contribution in [0.1, 0.15) is 12.8 Å². The van der Waals surface area contributed by atoms with E-state index in [1.165, 1.54) is 7.11 Å². The van der Waals surface area contributed by atoms with Crippen LogP contribution in [0.15, 0.2) is 0 Å². The van der Waals surface area contributed by atoms with Crippen LogP contribution in [0, 0.1) is 0 Å². The Bertz CT molecular complexity index is 383. The third-order valence-corrected chi connectivity index (χ3v) is 3.27. The second-order valence-electron chi connectivity index (χ2n) is 4.85. The van der Waals surface area contributed by atoms with Gasteiger partial charge in [-0.15, -0.1) is 0 Å². The Morgan fingerprint density at radius 2 is 1.86 bits per heavy atom. The van der Waals surface area contributed by atoms with Gasteiger partial charge < -0.3 is 19.5 Å². The molecule has 0 aromatic heterocycles. The quantitative estimate of drug-likeness (QED) is 0.778. The van der Waals surface area contributed by atoms with Gasteiger partial charge in [0.25, 0.3) is 0 Å². The molecule has 7 nitrogen and oxygen atoms in total. The number of piperidine rings is 1. The van der Waals surface area contributed by atoms with E-state index in [-0.39, 0.29) is 39.1 Å². The van der Waals surface area contributed by atoms with Gasteiger partial charge in [0, 0.05) is 26.2 Å². The van der Waals surface area contributed by atoms with Gasteiger partial charge in [0.15, 0.2) is 0 Å². The molecule has 22 heavy (non-hydrogen) atoms. The van der Waals surface area contributed by atoms with Gasteiger partial charge in [-0.25, -0.2) is 9.59 Å². The Kier molecular flexibility index (Phi) is 6.72. The summed E-state index contributed by atoms with van der Waals surface area (Å²) in [6, 6.07) is -0.702. The number of alkyl halides is 3. The van der Waals surface area contributed by atoms with Crippen LogP contribution in [-0.2, 0) is 9.47 Å². The number of carbonyl (C=O) groups is 2. The summed E-state index contributed by atoms with van der Waals surface area (Å²) in [7, 11) is 1.38. The highest BCUT2D eigenvalue weighted by atomic mass is 19.4. The number of amides is 2. The second kappa shape index (κ2) is 8.06. The molecule has 1 aliphatic heterocycles. The molecule has 0 aliphatic carbocycles. The lowest BCUT2D eigenvalue weighted by Crippen LogP contribution is -2.51. The fourth-order valence-corrected chi connectivity index (χ4v) is 2.20. The third kappa shape index (κ3) is 5.96. The van der Waals surface area contributed by atoms with Gasteiger partial charge in [0.05, 0.1) is 6.61 Å². The molecule has 1 aliphatic rings. The van der Waals surface area contributed by atoms with Gasteiger partial charge in [-0.3, -0.25) is 4.90 Å². The SMILES string of the molecule is COCCOC(=O)N(CC(F)(F)F)C1CCN(C(=O)O)CC1. The van der Waals surface area contributed by atoms with Crippen molar-refractivity contribution < 1.29 is 37.3 Å². The fraction of sp³-hybridized carbons (Fsp3) is 0.833. The minimum absolute atomic E-state index is 0.0830. The van der Waals surface area contributed by atoms with E-state index in [1.807, 2.05) is 0 Å². The van der Waals surface area contributed by atoms with Crippen molar-refractivity contribution in [2.24, 2.45) is 0 Å². The average molecular weight is 328 g/mol. The Morgan fingerprint density at radius 1 is 1.27 bits per heavy atom. The van der Waals surface area contributed by atoms with E-state index in [2.05, 4.69) is 4.74 Å². The molecule has 0 aromatic rings. The highest BCUT2D eigenvalue weighted by molar-refractivity contribution is 5.68. The maximum absolute atomic E-state index is 12.6. The number of methoxy groups -OCH3 is 1. The molecule has 1 heterocycles. The van der Waals surface area contributed by atoms with Crippen LogP contribution >= 0.6 is 0 Å². The Morgan fingerprint density at radius 3 is 2.32 bits per heavy atom. The van der Waals surface area contributed by atoms with E-state index in [9.17, 15) is 22.8 Å². The van der Waals surface area contributed by atoms with Gasteiger partial charge in [-0.1, -0.05) is 0 Å². The fourth-order valence-electron chi connectivity index (χ4n) is 2.20. The summed E-state index contributed by atoms with van der Waals surface area (Å²) in [6.45, 7) is -1.31. The Labute approximate surface area is 125 Å². The van der Waals surface area contributed by atoms with Crippen LogP contribution in [-0.4, -0.2) is 79.3 Å². The first-order chi connectivity index (χ1) is 10.2. The number of carboxylic acid groups (broad SMARTS) is 1. The van der Waals surface area contributed by atoms with Crippen molar-refractivity contribution in [2.45, 2.75) is 25.1 Å². The zero-order valence-electron chi connectivity index (χ0n) is 12.1. The molecule has 0 spiro atoms. The zero-order valence-corrected chi connectivity index (χ0v) is 12.1. The van der Waals surface area contributed by atoms with Gasteiger partial charge >= 0.3 is 18.4 Å². The van der Waals surface area contributed by atoms with E-state index in [1.54, 1.807) is 0 Å². The van der Waals surface area contributed by atoms with E-state index in [4.69, 9.17) is 9.84 Å². The summed E-state index contributed by atoms with van der Waals surface area (Å²) >= 11 is 0. The van der Waals surface area contributed by atoms with Crippen molar-refractivity contribution in [3.8, 4) is 0 Å². The lowest BCUT2D eigenvalue weighted by molar-refractivity contribution is -0.148. The van der Waals surface area contributed by atoms with Crippen molar-refractivity contribution in [2.75, 3.05) is 40.0 Å². The normalized spacial score (nSPS) is 16.5. The molecule has 2 amide bonds. The summed E-state index contributed by atoms with van der Waals surface area (Å²) < 4.78 is 47.3. The zero-order chi connectivity index (χ0) is 16.8. The number of ether oxygens (including phenoxy) is 2. The summed E-state index contributed by atoms with van der Waals surface area (Å²) in [5.41, 5.74) is 0. The first-order valence-electron chi connectivity index (χ1n) is 6.71. The summed E-state index contributed by atoms with van der Waals surface area (Å²) in [6.07, 6.45) is -6.46. The number of nitrogens with zero attached hydrogens (tertiary/aromatic N) is 2. The summed E-state index contributed by atoms with van der Waals surface area (Å²) in [4.78, 5) is 24.4. The maximum atomic E-state index is 12.6. The molecule has 0 atom stereocenters. The van der Waals surface area contributed by atoms with Gasteiger partial charge in [-0.2, -0.15) is 13.2 Å². The molecule has 1 saturated heterocycles. The molecular weight excluding hydrogens is 309 g/mol. The van der Waals surface area contributed by atoms with Crippen LogP contribution in [0.2, 0.25) is 0 Å². The minimum atomic E-state index is -4.55. The number of rotatable bonds is 5. The molecule has 0 aromatic carbocycles. The maximum Gasteiger partial charge on any atom is 0.410 e. The van der Waals surface area contributed by atoms with Gasteiger partial charge in [-0.05, 0) is 12.8 Å². The highest BCUT2D eigenvalue weighted by Gasteiger charge is 2.38. The van der Waals surface area contributed by atoms with Crippen LogP contribution in [0.4, 0.5) is 22.8 Å². The summed E-state index contributed by atoms with van der Waals surface area (Å²) in [5.74, 6) is 0. The molecule has 1 rings (SSSR count).